The van der Waals surface area contributed by atoms with Gasteiger partial charge in [-0.25, -0.2) is 8.42 Å². The lowest BCUT2D eigenvalue weighted by atomic mass is 10.1. The van der Waals surface area contributed by atoms with Crippen molar-refractivity contribution in [3.8, 4) is 11.8 Å². The summed E-state index contributed by atoms with van der Waals surface area (Å²) in [7, 11) is -3.65. The second-order valence-corrected chi connectivity index (χ2v) is 10.8. The Morgan fingerprint density at radius 1 is 1.25 bits per heavy atom. The van der Waals surface area contributed by atoms with E-state index in [4.69, 9.17) is 0 Å². The van der Waals surface area contributed by atoms with E-state index in [2.05, 4.69) is 25.3 Å². The van der Waals surface area contributed by atoms with Crippen LogP contribution in [0.1, 0.15) is 36.4 Å². The summed E-state index contributed by atoms with van der Waals surface area (Å²) < 4.78 is 30.2. The molecule has 10 heteroatoms. The maximum Gasteiger partial charge on any atom is 0.268 e. The number of aromatic nitrogens is 3. The van der Waals surface area contributed by atoms with Crippen LogP contribution in [0.4, 0.5) is 5.13 Å². The number of nitrogens with one attached hydrogen (secondary N) is 1. The predicted molar refractivity (Wildman–Crippen MR) is 124 cm³/mol. The summed E-state index contributed by atoms with van der Waals surface area (Å²) in [6, 6.07) is 11.9. The van der Waals surface area contributed by atoms with Crippen molar-refractivity contribution < 1.29 is 13.2 Å². The van der Waals surface area contributed by atoms with Gasteiger partial charge < -0.3 is 4.57 Å². The number of amides is 1. The zero-order valence-corrected chi connectivity index (χ0v) is 20.0. The number of nitriles is 1. The fourth-order valence-electron chi connectivity index (χ4n) is 3.15. The molecule has 1 amide bonds. The average molecular weight is 470 g/mol. The summed E-state index contributed by atoms with van der Waals surface area (Å²) in [5.41, 5.74) is 4.57. The molecule has 0 fully saturated rings. The van der Waals surface area contributed by atoms with Crippen molar-refractivity contribution in [2.24, 2.45) is 0 Å². The summed E-state index contributed by atoms with van der Waals surface area (Å²) in [6.07, 6.45) is 1.51. The van der Waals surface area contributed by atoms with E-state index in [-0.39, 0.29) is 15.9 Å². The molecule has 0 bridgehead atoms. The molecule has 0 saturated heterocycles. The summed E-state index contributed by atoms with van der Waals surface area (Å²) in [4.78, 5) is 16.5. The zero-order valence-electron chi connectivity index (χ0n) is 18.4. The van der Waals surface area contributed by atoms with Crippen molar-refractivity contribution in [3.05, 3.63) is 58.4 Å². The molecular weight excluding hydrogens is 446 g/mol. The predicted octanol–water partition coefficient (Wildman–Crippen LogP) is 3.98. The number of sulfone groups is 1. The minimum atomic E-state index is -3.65. The molecule has 3 rings (SSSR count). The molecule has 0 saturated carbocycles. The third kappa shape index (κ3) is 4.64. The van der Waals surface area contributed by atoms with Crippen LogP contribution in [0.2, 0.25) is 0 Å². The SMILES string of the molecule is Cc1cccc(-n2c(C)cc(C=C(C#N)C(=O)Nc3nc(S(=O)(=O)C(C)C)ns3)c2C)c1. The van der Waals surface area contributed by atoms with E-state index in [1.807, 2.05) is 51.1 Å². The van der Waals surface area contributed by atoms with Crippen molar-refractivity contribution in [1.29, 1.82) is 5.26 Å². The first-order valence-corrected chi connectivity index (χ1v) is 12.1. The average Bonchev–Trinajstić information content (AvgIpc) is 3.30. The van der Waals surface area contributed by atoms with Gasteiger partial charge in [-0.05, 0) is 70.0 Å². The molecule has 32 heavy (non-hydrogen) atoms. The van der Waals surface area contributed by atoms with Gasteiger partial charge in [0.15, 0.2) is 0 Å². The van der Waals surface area contributed by atoms with Crippen molar-refractivity contribution in [2.75, 3.05) is 5.32 Å². The molecule has 2 aromatic heterocycles. The number of aryl methyl sites for hydroxylation is 2. The first kappa shape index (κ1) is 23.4. The molecule has 8 nitrogen and oxygen atoms in total. The Morgan fingerprint density at radius 2 is 1.97 bits per heavy atom. The lowest BCUT2D eigenvalue weighted by molar-refractivity contribution is -0.112. The van der Waals surface area contributed by atoms with Gasteiger partial charge in [0.05, 0.1) is 5.25 Å². The highest BCUT2D eigenvalue weighted by Gasteiger charge is 2.25. The van der Waals surface area contributed by atoms with Crippen LogP contribution in [0.15, 0.2) is 41.1 Å². The maximum atomic E-state index is 12.6. The highest BCUT2D eigenvalue weighted by atomic mass is 32.2. The van der Waals surface area contributed by atoms with E-state index in [1.165, 1.54) is 19.9 Å². The van der Waals surface area contributed by atoms with E-state index >= 15 is 0 Å². The van der Waals surface area contributed by atoms with Gasteiger partial charge in [-0.2, -0.15) is 14.6 Å². The van der Waals surface area contributed by atoms with Gasteiger partial charge in [-0.3, -0.25) is 10.1 Å². The third-order valence-corrected chi connectivity index (χ3v) is 7.58. The molecule has 1 N–H and O–H groups in total. The molecule has 2 heterocycles. The van der Waals surface area contributed by atoms with E-state index in [9.17, 15) is 18.5 Å². The Bertz CT molecular complexity index is 1360. The Hall–Kier alpha value is -3.29. The van der Waals surface area contributed by atoms with Gasteiger partial charge in [-0.15, -0.1) is 0 Å². The van der Waals surface area contributed by atoms with E-state index in [0.717, 1.165) is 39.7 Å². The minimum Gasteiger partial charge on any atom is -0.318 e. The number of rotatable bonds is 6. The Morgan fingerprint density at radius 3 is 2.59 bits per heavy atom. The van der Waals surface area contributed by atoms with Crippen LogP contribution >= 0.6 is 11.5 Å². The van der Waals surface area contributed by atoms with Gasteiger partial charge in [0.25, 0.3) is 11.1 Å². The molecule has 0 aliphatic heterocycles. The molecule has 1 aromatic carbocycles. The summed E-state index contributed by atoms with van der Waals surface area (Å²) in [5.74, 6) is -0.683. The zero-order chi connectivity index (χ0) is 23.6. The Balaban J connectivity index is 1.89. The second-order valence-electron chi connectivity index (χ2n) is 7.60. The number of carbonyl (C=O) groups is 1. The van der Waals surface area contributed by atoms with E-state index in [0.29, 0.717) is 0 Å². The molecule has 0 unspecified atom stereocenters. The van der Waals surface area contributed by atoms with Crippen LogP contribution < -0.4 is 5.32 Å². The van der Waals surface area contributed by atoms with Crippen LogP contribution in [0.25, 0.3) is 11.8 Å². The Labute approximate surface area is 191 Å². The number of hydrogen-bond acceptors (Lipinski definition) is 7. The number of anilines is 1. The first-order valence-electron chi connectivity index (χ1n) is 9.81. The molecular formula is C22H23N5O3S2. The smallest absolute Gasteiger partial charge is 0.268 e. The van der Waals surface area contributed by atoms with Crippen LogP contribution in [0.5, 0.6) is 0 Å². The molecule has 166 valence electrons. The van der Waals surface area contributed by atoms with Crippen molar-refractivity contribution in [2.45, 2.75) is 45.0 Å². The van der Waals surface area contributed by atoms with Crippen LogP contribution in [0, 0.1) is 32.1 Å². The third-order valence-electron chi connectivity index (χ3n) is 4.90. The quantitative estimate of drug-likeness (QED) is 0.431. The molecule has 0 atom stereocenters. The number of hydrogen-bond donors (Lipinski definition) is 1. The maximum absolute atomic E-state index is 12.6. The Kier molecular flexibility index (Phi) is 6.62. The first-order chi connectivity index (χ1) is 15.0. The normalized spacial score (nSPS) is 12.1. The van der Waals surface area contributed by atoms with Crippen molar-refractivity contribution >= 4 is 38.5 Å². The van der Waals surface area contributed by atoms with E-state index in [1.54, 1.807) is 0 Å². The van der Waals surface area contributed by atoms with Crippen LogP contribution in [-0.4, -0.2) is 33.5 Å². The highest BCUT2D eigenvalue weighted by Crippen LogP contribution is 2.24. The van der Waals surface area contributed by atoms with Gasteiger partial charge in [0.1, 0.15) is 11.6 Å². The monoisotopic (exact) mass is 469 g/mol. The lowest BCUT2D eigenvalue weighted by Crippen LogP contribution is -2.16. The van der Waals surface area contributed by atoms with Crippen molar-refractivity contribution in [1.82, 2.24) is 13.9 Å². The second kappa shape index (κ2) is 9.06. The van der Waals surface area contributed by atoms with E-state index < -0.39 is 21.0 Å². The fourth-order valence-corrected chi connectivity index (χ4v) is 4.85. The van der Waals surface area contributed by atoms with Gasteiger partial charge in [0, 0.05) is 28.6 Å². The molecule has 0 radical (unpaired) electrons. The molecule has 0 aliphatic carbocycles. The number of benzene rings is 1. The number of carbonyl (C=O) groups excluding carboxylic acids is 1. The largest absolute Gasteiger partial charge is 0.318 e. The lowest BCUT2D eigenvalue weighted by Gasteiger charge is -2.10. The summed E-state index contributed by atoms with van der Waals surface area (Å²) in [6.45, 7) is 8.94. The minimum absolute atomic E-state index is 0.0145. The van der Waals surface area contributed by atoms with Crippen LogP contribution in [-0.2, 0) is 14.6 Å². The van der Waals surface area contributed by atoms with Crippen LogP contribution in [0.3, 0.4) is 0 Å². The number of nitrogens with zero attached hydrogens (tertiary/aromatic N) is 4. The summed E-state index contributed by atoms with van der Waals surface area (Å²) >= 11 is 0.752. The standard InChI is InChI=1S/C22H23N5O3S2/c1-13(2)32(29,30)22-25-21(31-26-22)24-20(28)18(12-23)11-17-10-15(4)27(16(17)5)19-8-6-7-14(3)9-19/h6-11,13H,1-5H3,(H,24,25,26,28). The molecule has 3 aromatic rings. The van der Waals surface area contributed by atoms with Crippen molar-refractivity contribution in [3.63, 3.8) is 0 Å². The van der Waals surface area contributed by atoms with Gasteiger partial charge >= 0.3 is 0 Å². The molecule has 0 spiro atoms. The molecule has 0 aliphatic rings. The topological polar surface area (TPSA) is 118 Å². The highest BCUT2D eigenvalue weighted by molar-refractivity contribution is 7.91. The summed E-state index contributed by atoms with van der Waals surface area (Å²) in [5, 5.41) is 11.0. The van der Waals surface area contributed by atoms with Gasteiger partial charge in [0.2, 0.25) is 15.0 Å². The van der Waals surface area contributed by atoms with Gasteiger partial charge in [-0.1, -0.05) is 12.1 Å². The fraction of sp³-hybridized carbons (Fsp3) is 0.273.